The molecule has 9 rings (SSSR count). The molecule has 0 aromatic heterocycles. The largest absolute Gasteiger partial charge is 0.309 e. The van der Waals surface area contributed by atoms with E-state index in [-0.39, 0.29) is 0 Å². The van der Waals surface area contributed by atoms with Crippen LogP contribution >= 0.6 is 0 Å². The van der Waals surface area contributed by atoms with E-state index in [4.69, 9.17) is 0 Å². The summed E-state index contributed by atoms with van der Waals surface area (Å²) in [5.41, 5.74) is 10.6. The van der Waals surface area contributed by atoms with Gasteiger partial charge in [0, 0.05) is 22.3 Å². The highest BCUT2D eigenvalue weighted by molar-refractivity contribution is 6.13. The Morgan fingerprint density at radius 1 is 0.265 bits per heavy atom. The van der Waals surface area contributed by atoms with E-state index < -0.39 is 0 Å². The molecule has 49 heavy (non-hydrogen) atoms. The summed E-state index contributed by atoms with van der Waals surface area (Å²) >= 11 is 0. The molecule has 9 aromatic carbocycles. The van der Waals surface area contributed by atoms with Crippen molar-refractivity contribution in [1.82, 2.24) is 0 Å². The second-order valence-corrected chi connectivity index (χ2v) is 12.5. The Morgan fingerprint density at radius 3 is 1.31 bits per heavy atom. The van der Waals surface area contributed by atoms with E-state index in [1.807, 2.05) is 0 Å². The van der Waals surface area contributed by atoms with Crippen LogP contribution in [0.3, 0.4) is 0 Å². The fourth-order valence-corrected chi connectivity index (χ4v) is 7.29. The van der Waals surface area contributed by atoms with Gasteiger partial charge in [-0.05, 0) is 85.1 Å². The maximum Gasteiger partial charge on any atom is 0.0618 e. The van der Waals surface area contributed by atoms with Crippen LogP contribution in [0.15, 0.2) is 200 Å². The van der Waals surface area contributed by atoms with Crippen molar-refractivity contribution < 1.29 is 0 Å². The second-order valence-electron chi connectivity index (χ2n) is 12.5. The Balaban J connectivity index is 1.39. The summed E-state index contributed by atoms with van der Waals surface area (Å²) in [6.45, 7) is 0. The zero-order chi connectivity index (χ0) is 32.6. The molecule has 0 aliphatic rings. The highest BCUT2D eigenvalue weighted by Gasteiger charge is 2.24. The van der Waals surface area contributed by atoms with E-state index in [1.165, 1.54) is 65.7 Å². The van der Waals surface area contributed by atoms with Gasteiger partial charge in [0.15, 0.2) is 0 Å². The van der Waals surface area contributed by atoms with Crippen molar-refractivity contribution >= 4 is 49.4 Å². The number of hydrogen-bond donors (Lipinski definition) is 0. The number of anilines is 3. The molecule has 0 unspecified atom stereocenters. The first-order chi connectivity index (χ1) is 24.3. The predicted molar refractivity (Wildman–Crippen MR) is 210 cm³/mol. The smallest absolute Gasteiger partial charge is 0.0618 e. The lowest BCUT2D eigenvalue weighted by atomic mass is 9.87. The van der Waals surface area contributed by atoms with Crippen molar-refractivity contribution in [2.75, 3.05) is 4.90 Å². The summed E-state index contributed by atoms with van der Waals surface area (Å²) in [5.74, 6) is 0. The van der Waals surface area contributed by atoms with E-state index in [0.29, 0.717) is 0 Å². The van der Waals surface area contributed by atoms with Gasteiger partial charge in [0.25, 0.3) is 0 Å². The maximum absolute atomic E-state index is 2.47. The third-order valence-corrected chi connectivity index (χ3v) is 9.61. The van der Waals surface area contributed by atoms with Gasteiger partial charge in [0.05, 0.1) is 5.69 Å². The molecular weight excluding hydrogens is 591 g/mol. The average molecular weight is 624 g/mol. The third kappa shape index (κ3) is 5.23. The Labute approximate surface area is 287 Å². The van der Waals surface area contributed by atoms with E-state index in [2.05, 4.69) is 205 Å². The number of fused-ring (bicyclic) bond motifs is 3. The molecule has 0 amide bonds. The molecule has 1 nitrogen and oxygen atoms in total. The summed E-state index contributed by atoms with van der Waals surface area (Å²) in [6, 6.07) is 72.6. The molecule has 0 saturated heterocycles. The van der Waals surface area contributed by atoms with Crippen LogP contribution in [0.2, 0.25) is 0 Å². The van der Waals surface area contributed by atoms with E-state index in [9.17, 15) is 0 Å². The van der Waals surface area contributed by atoms with Gasteiger partial charge in [-0.3, -0.25) is 0 Å². The van der Waals surface area contributed by atoms with Gasteiger partial charge in [0.1, 0.15) is 0 Å². The zero-order valence-electron chi connectivity index (χ0n) is 27.0. The molecule has 0 aliphatic carbocycles. The molecular formula is C48H33N. The maximum atomic E-state index is 2.47. The molecule has 230 valence electrons. The number of rotatable bonds is 6. The molecule has 0 aliphatic heterocycles. The molecule has 0 fully saturated rings. The second kappa shape index (κ2) is 12.3. The molecule has 0 heterocycles. The lowest BCUT2D eigenvalue weighted by Gasteiger charge is -2.31. The van der Waals surface area contributed by atoms with Crippen molar-refractivity contribution in [3.05, 3.63) is 200 Å². The molecule has 0 saturated carbocycles. The number of nitrogens with zero attached hydrogens (tertiary/aromatic N) is 1. The molecule has 0 bridgehead atoms. The van der Waals surface area contributed by atoms with Gasteiger partial charge in [-0.2, -0.15) is 0 Å². The van der Waals surface area contributed by atoms with Crippen LogP contribution in [0.25, 0.3) is 65.7 Å². The summed E-state index contributed by atoms with van der Waals surface area (Å²) in [5, 5.41) is 7.29. The minimum atomic E-state index is 1.12. The lowest BCUT2D eigenvalue weighted by Crippen LogP contribution is -2.12. The topological polar surface area (TPSA) is 3.24 Å². The van der Waals surface area contributed by atoms with Gasteiger partial charge in [-0.25, -0.2) is 0 Å². The van der Waals surface area contributed by atoms with Gasteiger partial charge >= 0.3 is 0 Å². The van der Waals surface area contributed by atoms with Crippen molar-refractivity contribution in [2.24, 2.45) is 0 Å². The molecule has 0 atom stereocenters. The van der Waals surface area contributed by atoms with Crippen molar-refractivity contribution in [3.63, 3.8) is 0 Å². The standard InChI is InChI=1S/C48H33N/c1-3-17-36(18-4-1)42-23-11-12-24-43(42)47-33-46(37-19-5-2-6-20-37)48(45-26-14-13-25-44(45)47)49(40-29-27-34-15-7-9-21-38(34)31-40)41-30-28-35-16-8-10-22-39(35)32-41/h1-33H. The van der Waals surface area contributed by atoms with Gasteiger partial charge in [-0.15, -0.1) is 0 Å². The van der Waals surface area contributed by atoms with Crippen molar-refractivity contribution in [1.29, 1.82) is 0 Å². The van der Waals surface area contributed by atoms with Crippen molar-refractivity contribution in [2.45, 2.75) is 0 Å². The predicted octanol–water partition coefficient (Wildman–Crippen LogP) is 13.6. The third-order valence-electron chi connectivity index (χ3n) is 9.61. The molecule has 0 N–H and O–H groups in total. The first-order valence-corrected chi connectivity index (χ1v) is 16.9. The van der Waals surface area contributed by atoms with Crippen LogP contribution < -0.4 is 4.90 Å². The van der Waals surface area contributed by atoms with E-state index in [1.54, 1.807) is 0 Å². The Bertz CT molecular complexity index is 2520. The molecule has 9 aromatic rings. The summed E-state index contributed by atoms with van der Waals surface area (Å²) in [7, 11) is 0. The van der Waals surface area contributed by atoms with Crippen LogP contribution in [-0.4, -0.2) is 0 Å². The fraction of sp³-hybridized carbons (Fsp3) is 0. The molecule has 0 spiro atoms. The van der Waals surface area contributed by atoms with Gasteiger partial charge < -0.3 is 4.90 Å². The molecule has 1 heteroatoms. The van der Waals surface area contributed by atoms with Crippen LogP contribution in [0.5, 0.6) is 0 Å². The normalized spacial score (nSPS) is 11.3. The Kier molecular flexibility index (Phi) is 7.22. The monoisotopic (exact) mass is 623 g/mol. The SMILES string of the molecule is c1ccc(-c2ccccc2-c2cc(-c3ccccc3)c(N(c3ccc4ccccc4c3)c3ccc4ccccc4c3)c3ccccc23)cc1. The minimum Gasteiger partial charge on any atom is -0.309 e. The number of hydrogen-bond acceptors (Lipinski definition) is 1. The average Bonchev–Trinajstić information content (AvgIpc) is 3.18. The fourth-order valence-electron chi connectivity index (χ4n) is 7.29. The summed E-state index contributed by atoms with van der Waals surface area (Å²) < 4.78 is 0. The molecule has 0 radical (unpaired) electrons. The lowest BCUT2D eigenvalue weighted by molar-refractivity contribution is 1.31. The van der Waals surface area contributed by atoms with Crippen LogP contribution in [-0.2, 0) is 0 Å². The summed E-state index contributed by atoms with van der Waals surface area (Å²) in [4.78, 5) is 2.47. The van der Waals surface area contributed by atoms with Crippen LogP contribution in [0, 0.1) is 0 Å². The van der Waals surface area contributed by atoms with E-state index >= 15 is 0 Å². The van der Waals surface area contributed by atoms with E-state index in [0.717, 1.165) is 17.1 Å². The Hall–Kier alpha value is -6.44. The first-order valence-electron chi connectivity index (χ1n) is 16.9. The minimum absolute atomic E-state index is 1.12. The van der Waals surface area contributed by atoms with Gasteiger partial charge in [-0.1, -0.05) is 170 Å². The number of benzene rings is 9. The highest BCUT2D eigenvalue weighted by atomic mass is 15.1. The van der Waals surface area contributed by atoms with Crippen LogP contribution in [0.4, 0.5) is 17.1 Å². The zero-order valence-corrected chi connectivity index (χ0v) is 27.0. The highest BCUT2D eigenvalue weighted by Crippen LogP contribution is 2.49. The Morgan fingerprint density at radius 2 is 0.714 bits per heavy atom. The van der Waals surface area contributed by atoms with Crippen molar-refractivity contribution in [3.8, 4) is 33.4 Å². The summed E-state index contributed by atoms with van der Waals surface area (Å²) in [6.07, 6.45) is 0. The first kappa shape index (κ1) is 28.8. The van der Waals surface area contributed by atoms with Gasteiger partial charge in [0.2, 0.25) is 0 Å². The van der Waals surface area contributed by atoms with Crippen LogP contribution in [0.1, 0.15) is 0 Å². The quantitative estimate of drug-likeness (QED) is 0.178.